The molecule has 0 saturated heterocycles. The van der Waals surface area contributed by atoms with Gasteiger partial charge in [0.25, 0.3) is 0 Å². The van der Waals surface area contributed by atoms with Gasteiger partial charge < -0.3 is 10.0 Å². The molecule has 2 nitrogen and oxygen atoms in total. The number of nitrogens with zero attached hydrogens (tertiary/aromatic N) is 1. The highest BCUT2D eigenvalue weighted by atomic mass is 35.5. The Hall–Kier alpha value is -0.280. The first kappa shape index (κ1) is 13.8. The van der Waals surface area contributed by atoms with E-state index in [-0.39, 0.29) is 5.54 Å². The molecular formula is C12H17Cl2NO. The van der Waals surface area contributed by atoms with Crippen LogP contribution >= 0.6 is 23.2 Å². The molecular weight excluding hydrogens is 245 g/mol. The van der Waals surface area contributed by atoms with Crippen LogP contribution < -0.4 is 0 Å². The molecule has 0 aliphatic carbocycles. The molecule has 0 saturated carbocycles. The summed E-state index contributed by atoms with van der Waals surface area (Å²) in [6, 6.07) is 5.21. The minimum Gasteiger partial charge on any atom is -0.386 e. The van der Waals surface area contributed by atoms with Crippen molar-refractivity contribution in [2.45, 2.75) is 25.5 Å². The van der Waals surface area contributed by atoms with Gasteiger partial charge in [0.15, 0.2) is 0 Å². The van der Waals surface area contributed by atoms with Crippen LogP contribution in [0.25, 0.3) is 0 Å². The number of hydrogen-bond donors (Lipinski definition) is 1. The molecule has 90 valence electrons. The van der Waals surface area contributed by atoms with Crippen molar-refractivity contribution in [3.63, 3.8) is 0 Å². The van der Waals surface area contributed by atoms with E-state index in [0.29, 0.717) is 10.0 Å². The van der Waals surface area contributed by atoms with Crippen molar-refractivity contribution in [2.75, 3.05) is 14.1 Å². The van der Waals surface area contributed by atoms with Crippen LogP contribution in [0.2, 0.25) is 10.0 Å². The molecule has 1 atom stereocenters. The smallest absolute Gasteiger partial charge is 0.0968 e. The van der Waals surface area contributed by atoms with Gasteiger partial charge in [-0.05, 0) is 45.6 Å². The molecule has 4 heteroatoms. The van der Waals surface area contributed by atoms with Crippen LogP contribution in [-0.4, -0.2) is 29.6 Å². The SMILES string of the molecule is CN(C)C(C)(C)C(O)c1ccc(Cl)c(Cl)c1. The molecule has 0 spiro atoms. The Morgan fingerprint density at radius 3 is 2.19 bits per heavy atom. The van der Waals surface area contributed by atoms with Gasteiger partial charge in [-0.3, -0.25) is 0 Å². The predicted molar refractivity (Wildman–Crippen MR) is 69.2 cm³/mol. The fourth-order valence-corrected chi connectivity index (χ4v) is 1.64. The van der Waals surface area contributed by atoms with Gasteiger partial charge in [-0.25, -0.2) is 0 Å². The van der Waals surface area contributed by atoms with Gasteiger partial charge in [-0.2, -0.15) is 0 Å². The van der Waals surface area contributed by atoms with Crippen LogP contribution in [-0.2, 0) is 0 Å². The van der Waals surface area contributed by atoms with E-state index < -0.39 is 6.10 Å². The van der Waals surface area contributed by atoms with Gasteiger partial charge in [0, 0.05) is 5.54 Å². The van der Waals surface area contributed by atoms with Crippen molar-refractivity contribution in [1.82, 2.24) is 4.90 Å². The number of rotatable bonds is 3. The van der Waals surface area contributed by atoms with E-state index in [0.717, 1.165) is 5.56 Å². The molecule has 16 heavy (non-hydrogen) atoms. The number of halogens is 2. The Morgan fingerprint density at radius 2 is 1.75 bits per heavy atom. The van der Waals surface area contributed by atoms with Gasteiger partial charge in [0.1, 0.15) is 0 Å². The van der Waals surface area contributed by atoms with E-state index in [2.05, 4.69) is 0 Å². The first-order chi connectivity index (χ1) is 7.26. The standard InChI is InChI=1S/C12H17Cl2NO/c1-12(2,15(3)4)11(16)8-5-6-9(13)10(14)7-8/h5-7,11,16H,1-4H3. The van der Waals surface area contributed by atoms with Gasteiger partial charge >= 0.3 is 0 Å². The van der Waals surface area contributed by atoms with E-state index >= 15 is 0 Å². The Labute approximate surface area is 107 Å². The lowest BCUT2D eigenvalue weighted by Crippen LogP contribution is -2.43. The molecule has 0 fully saturated rings. The summed E-state index contributed by atoms with van der Waals surface area (Å²) >= 11 is 11.8. The van der Waals surface area contributed by atoms with Crippen molar-refractivity contribution in [1.29, 1.82) is 0 Å². The zero-order valence-electron chi connectivity index (χ0n) is 9.96. The van der Waals surface area contributed by atoms with E-state index in [4.69, 9.17) is 23.2 Å². The summed E-state index contributed by atoms with van der Waals surface area (Å²) in [6.07, 6.45) is -0.614. The average Bonchev–Trinajstić information content (AvgIpc) is 2.20. The molecule has 0 aliphatic heterocycles. The first-order valence-corrected chi connectivity index (χ1v) is 5.83. The highest BCUT2D eigenvalue weighted by molar-refractivity contribution is 6.42. The van der Waals surface area contributed by atoms with Crippen molar-refractivity contribution in [3.8, 4) is 0 Å². The zero-order valence-corrected chi connectivity index (χ0v) is 11.5. The number of benzene rings is 1. The summed E-state index contributed by atoms with van der Waals surface area (Å²) in [5, 5.41) is 11.3. The van der Waals surface area contributed by atoms with Crippen molar-refractivity contribution in [3.05, 3.63) is 33.8 Å². The topological polar surface area (TPSA) is 23.5 Å². The highest BCUT2D eigenvalue weighted by Crippen LogP contribution is 2.32. The minimum absolute atomic E-state index is 0.364. The molecule has 0 aromatic heterocycles. The lowest BCUT2D eigenvalue weighted by atomic mass is 9.90. The monoisotopic (exact) mass is 261 g/mol. The Morgan fingerprint density at radius 1 is 1.19 bits per heavy atom. The third-order valence-corrected chi connectivity index (χ3v) is 3.82. The van der Waals surface area contributed by atoms with Crippen LogP contribution in [0.5, 0.6) is 0 Å². The number of aliphatic hydroxyl groups excluding tert-OH is 1. The zero-order chi connectivity index (χ0) is 12.5. The number of aliphatic hydroxyl groups is 1. The van der Waals surface area contributed by atoms with Gasteiger partial charge in [0.05, 0.1) is 16.1 Å². The summed E-state index contributed by atoms with van der Waals surface area (Å²) in [4.78, 5) is 1.97. The quantitative estimate of drug-likeness (QED) is 0.902. The predicted octanol–water partition coefficient (Wildman–Crippen LogP) is 3.37. The Balaban J connectivity index is 3.05. The molecule has 1 N–H and O–H groups in total. The molecule has 1 aromatic carbocycles. The fraction of sp³-hybridized carbons (Fsp3) is 0.500. The van der Waals surface area contributed by atoms with Crippen molar-refractivity contribution >= 4 is 23.2 Å². The summed E-state index contributed by atoms with van der Waals surface area (Å²) in [5.41, 5.74) is 0.407. The third-order valence-electron chi connectivity index (χ3n) is 3.08. The number of likely N-dealkylation sites (N-methyl/N-ethyl adjacent to an activating group) is 1. The largest absolute Gasteiger partial charge is 0.386 e. The van der Waals surface area contributed by atoms with Crippen LogP contribution in [0.3, 0.4) is 0 Å². The van der Waals surface area contributed by atoms with Crippen molar-refractivity contribution in [2.24, 2.45) is 0 Å². The summed E-state index contributed by atoms with van der Waals surface area (Å²) in [6.45, 7) is 3.94. The molecule has 1 aromatic rings. The molecule has 0 radical (unpaired) electrons. The Bertz CT molecular complexity index is 377. The second-order valence-corrected chi connectivity index (χ2v) is 5.44. The van der Waals surface area contributed by atoms with E-state index in [1.165, 1.54) is 0 Å². The molecule has 1 unspecified atom stereocenters. The second-order valence-electron chi connectivity index (χ2n) is 4.62. The lowest BCUT2D eigenvalue weighted by molar-refractivity contribution is 0.0164. The lowest BCUT2D eigenvalue weighted by Gasteiger charge is -2.37. The normalized spacial score (nSPS) is 14.2. The van der Waals surface area contributed by atoms with Crippen molar-refractivity contribution < 1.29 is 5.11 Å². The maximum absolute atomic E-state index is 10.3. The van der Waals surface area contributed by atoms with E-state index in [1.807, 2.05) is 32.8 Å². The molecule has 0 amide bonds. The van der Waals surface area contributed by atoms with E-state index in [9.17, 15) is 5.11 Å². The average molecular weight is 262 g/mol. The van der Waals surface area contributed by atoms with Crippen LogP contribution in [0.15, 0.2) is 18.2 Å². The molecule has 0 aliphatic rings. The number of hydrogen-bond acceptors (Lipinski definition) is 2. The maximum atomic E-state index is 10.3. The summed E-state index contributed by atoms with van der Waals surface area (Å²) in [5.74, 6) is 0. The first-order valence-electron chi connectivity index (χ1n) is 5.07. The molecule has 0 bridgehead atoms. The highest BCUT2D eigenvalue weighted by Gasteiger charge is 2.31. The Kier molecular flexibility index (Phi) is 4.24. The molecule has 0 heterocycles. The molecule has 1 rings (SSSR count). The maximum Gasteiger partial charge on any atom is 0.0968 e. The van der Waals surface area contributed by atoms with Crippen LogP contribution in [0, 0.1) is 0 Å². The van der Waals surface area contributed by atoms with Gasteiger partial charge in [0.2, 0.25) is 0 Å². The van der Waals surface area contributed by atoms with Gasteiger partial charge in [-0.15, -0.1) is 0 Å². The summed E-state index contributed by atoms with van der Waals surface area (Å²) < 4.78 is 0. The summed E-state index contributed by atoms with van der Waals surface area (Å²) in [7, 11) is 3.86. The van der Waals surface area contributed by atoms with Gasteiger partial charge in [-0.1, -0.05) is 29.3 Å². The second kappa shape index (κ2) is 4.92. The third kappa shape index (κ3) is 2.69. The fourth-order valence-electron chi connectivity index (χ4n) is 1.33. The van der Waals surface area contributed by atoms with Crippen LogP contribution in [0.1, 0.15) is 25.5 Å². The van der Waals surface area contributed by atoms with Crippen LogP contribution in [0.4, 0.5) is 0 Å². The van der Waals surface area contributed by atoms with E-state index in [1.54, 1.807) is 18.2 Å². The minimum atomic E-state index is -0.614.